The minimum atomic E-state index is 0.621. The first-order valence-corrected chi connectivity index (χ1v) is 8.79. The second-order valence-electron chi connectivity index (χ2n) is 6.17. The average Bonchev–Trinajstić information content (AvgIpc) is 3.18. The minimum Gasteiger partial charge on any atom is -0.492 e. The summed E-state index contributed by atoms with van der Waals surface area (Å²) in [6.07, 6.45) is 5.74. The average molecular weight is 343 g/mol. The Morgan fingerprint density at radius 2 is 1.85 bits per heavy atom. The normalized spacial score (nSPS) is 10.9. The summed E-state index contributed by atoms with van der Waals surface area (Å²) in [6, 6.07) is 20.6. The quantitative estimate of drug-likeness (QED) is 0.489. The van der Waals surface area contributed by atoms with Crippen molar-refractivity contribution in [1.29, 1.82) is 0 Å². The molecule has 0 saturated carbocycles. The van der Waals surface area contributed by atoms with Crippen molar-refractivity contribution in [2.45, 2.75) is 6.54 Å². The highest BCUT2D eigenvalue weighted by atomic mass is 16.5. The van der Waals surface area contributed by atoms with Crippen LogP contribution in [0.5, 0.6) is 5.75 Å². The van der Waals surface area contributed by atoms with Crippen molar-refractivity contribution in [3.05, 3.63) is 84.8 Å². The van der Waals surface area contributed by atoms with Crippen LogP contribution in [0.3, 0.4) is 0 Å². The highest BCUT2D eigenvalue weighted by Gasteiger charge is 2.03. The van der Waals surface area contributed by atoms with Crippen molar-refractivity contribution in [3.8, 4) is 16.9 Å². The topological polar surface area (TPSA) is 49.9 Å². The lowest BCUT2D eigenvalue weighted by molar-refractivity contribution is 0.317. The monoisotopic (exact) mass is 343 g/mol. The molecule has 4 nitrogen and oxygen atoms in total. The van der Waals surface area contributed by atoms with Crippen molar-refractivity contribution >= 4 is 10.9 Å². The van der Waals surface area contributed by atoms with E-state index in [0.29, 0.717) is 6.61 Å². The van der Waals surface area contributed by atoms with Crippen LogP contribution >= 0.6 is 0 Å². The van der Waals surface area contributed by atoms with E-state index >= 15 is 0 Å². The van der Waals surface area contributed by atoms with Crippen LogP contribution < -0.4 is 10.1 Å². The Bertz CT molecular complexity index is 979. The maximum atomic E-state index is 5.91. The molecule has 0 atom stereocenters. The maximum absolute atomic E-state index is 5.91. The molecule has 4 rings (SSSR count). The molecule has 0 saturated heterocycles. The lowest BCUT2D eigenvalue weighted by Crippen LogP contribution is -2.20. The number of rotatable bonds is 7. The van der Waals surface area contributed by atoms with Crippen LogP contribution in [0.4, 0.5) is 0 Å². The van der Waals surface area contributed by atoms with Gasteiger partial charge < -0.3 is 15.0 Å². The summed E-state index contributed by atoms with van der Waals surface area (Å²) in [5.74, 6) is 0.915. The SMILES string of the molecule is c1ccc(-c2cncc(CNCCOc3cccc4[nH]ccc34)c2)cc1. The van der Waals surface area contributed by atoms with Gasteiger partial charge in [-0.1, -0.05) is 36.4 Å². The molecule has 0 aliphatic carbocycles. The van der Waals surface area contributed by atoms with Crippen molar-refractivity contribution in [2.75, 3.05) is 13.2 Å². The first kappa shape index (κ1) is 16.4. The summed E-state index contributed by atoms with van der Waals surface area (Å²) in [6.45, 7) is 2.16. The van der Waals surface area contributed by atoms with E-state index in [4.69, 9.17) is 4.74 Å². The minimum absolute atomic E-state index is 0.621. The van der Waals surface area contributed by atoms with Gasteiger partial charge in [0.05, 0.1) is 0 Å². The van der Waals surface area contributed by atoms with Crippen molar-refractivity contribution in [2.24, 2.45) is 0 Å². The number of pyridine rings is 1. The number of hydrogen-bond donors (Lipinski definition) is 2. The highest BCUT2D eigenvalue weighted by Crippen LogP contribution is 2.24. The van der Waals surface area contributed by atoms with Crippen LogP contribution in [0.2, 0.25) is 0 Å². The smallest absolute Gasteiger partial charge is 0.128 e. The third kappa shape index (κ3) is 3.76. The molecule has 0 bridgehead atoms. The van der Waals surface area contributed by atoms with Gasteiger partial charge in [0.15, 0.2) is 0 Å². The zero-order valence-corrected chi connectivity index (χ0v) is 14.5. The molecule has 2 heterocycles. The van der Waals surface area contributed by atoms with Crippen LogP contribution in [0, 0.1) is 0 Å². The van der Waals surface area contributed by atoms with Gasteiger partial charge in [0.2, 0.25) is 0 Å². The fourth-order valence-electron chi connectivity index (χ4n) is 3.02. The first-order chi connectivity index (χ1) is 12.9. The second-order valence-corrected chi connectivity index (χ2v) is 6.17. The second kappa shape index (κ2) is 7.85. The molecular weight excluding hydrogens is 322 g/mol. The van der Waals surface area contributed by atoms with Crippen LogP contribution in [-0.2, 0) is 6.54 Å². The molecule has 130 valence electrons. The van der Waals surface area contributed by atoms with E-state index < -0.39 is 0 Å². The standard InChI is InChI=1S/C22H21N3O/c1-2-5-18(6-3-1)19-13-17(15-24-16-19)14-23-11-12-26-22-8-4-7-21-20(22)9-10-25-21/h1-10,13,15-16,23,25H,11-12,14H2. The highest BCUT2D eigenvalue weighted by molar-refractivity contribution is 5.85. The van der Waals surface area contributed by atoms with Crippen molar-refractivity contribution in [1.82, 2.24) is 15.3 Å². The Morgan fingerprint density at radius 3 is 2.77 bits per heavy atom. The molecule has 0 amide bonds. The Labute approximate surface area is 152 Å². The molecule has 4 heteroatoms. The van der Waals surface area contributed by atoms with Crippen LogP contribution in [0.1, 0.15) is 5.56 Å². The summed E-state index contributed by atoms with van der Waals surface area (Å²) < 4.78 is 5.91. The number of aromatic nitrogens is 2. The van der Waals surface area contributed by atoms with Gasteiger partial charge in [0.1, 0.15) is 12.4 Å². The molecule has 26 heavy (non-hydrogen) atoms. The van der Waals surface area contributed by atoms with Gasteiger partial charge in [-0.25, -0.2) is 0 Å². The third-order valence-electron chi connectivity index (χ3n) is 4.32. The van der Waals surface area contributed by atoms with Crippen LogP contribution in [-0.4, -0.2) is 23.1 Å². The lowest BCUT2D eigenvalue weighted by Gasteiger charge is -2.09. The number of aromatic amines is 1. The van der Waals surface area contributed by atoms with Gasteiger partial charge >= 0.3 is 0 Å². The summed E-state index contributed by atoms with van der Waals surface area (Å²) >= 11 is 0. The Balaban J connectivity index is 1.29. The molecule has 0 spiro atoms. The van der Waals surface area contributed by atoms with Gasteiger partial charge in [0.25, 0.3) is 0 Å². The Morgan fingerprint density at radius 1 is 0.923 bits per heavy atom. The predicted octanol–water partition coefficient (Wildman–Crippen LogP) is 4.40. The van der Waals surface area contributed by atoms with Gasteiger partial charge in [-0.15, -0.1) is 0 Å². The fourth-order valence-corrected chi connectivity index (χ4v) is 3.02. The molecule has 0 aliphatic rings. The summed E-state index contributed by atoms with van der Waals surface area (Å²) in [5, 5.41) is 4.54. The van der Waals surface area contributed by atoms with Crippen LogP contribution in [0.15, 0.2) is 79.3 Å². The van der Waals surface area contributed by atoms with E-state index in [9.17, 15) is 0 Å². The molecule has 2 aromatic heterocycles. The number of hydrogen-bond acceptors (Lipinski definition) is 3. The van der Waals surface area contributed by atoms with E-state index in [1.54, 1.807) is 0 Å². The van der Waals surface area contributed by atoms with Crippen molar-refractivity contribution in [3.63, 3.8) is 0 Å². The van der Waals surface area contributed by atoms with E-state index in [2.05, 4.69) is 33.5 Å². The molecule has 0 fully saturated rings. The number of nitrogens with zero attached hydrogens (tertiary/aromatic N) is 1. The molecular formula is C22H21N3O. The van der Waals surface area contributed by atoms with Gasteiger partial charge in [-0.05, 0) is 35.4 Å². The number of nitrogens with one attached hydrogen (secondary N) is 2. The number of H-pyrrole nitrogens is 1. The predicted molar refractivity (Wildman–Crippen MR) is 105 cm³/mol. The first-order valence-electron chi connectivity index (χ1n) is 8.79. The van der Waals surface area contributed by atoms with Gasteiger partial charge in [0, 0.05) is 48.1 Å². The zero-order chi connectivity index (χ0) is 17.6. The number of ether oxygens (including phenoxy) is 1. The molecule has 0 radical (unpaired) electrons. The van der Waals surface area contributed by atoms with E-state index in [1.165, 1.54) is 11.1 Å². The van der Waals surface area contributed by atoms with Crippen LogP contribution in [0.25, 0.3) is 22.0 Å². The summed E-state index contributed by atoms with van der Waals surface area (Å²) in [5.41, 5.74) is 4.59. The summed E-state index contributed by atoms with van der Waals surface area (Å²) in [4.78, 5) is 7.56. The summed E-state index contributed by atoms with van der Waals surface area (Å²) in [7, 11) is 0. The zero-order valence-electron chi connectivity index (χ0n) is 14.5. The molecule has 0 unspecified atom stereocenters. The molecule has 4 aromatic rings. The molecule has 2 N–H and O–H groups in total. The fraction of sp³-hybridized carbons (Fsp3) is 0.136. The van der Waals surface area contributed by atoms with E-state index in [1.807, 2.05) is 61.1 Å². The van der Waals surface area contributed by atoms with E-state index in [-0.39, 0.29) is 0 Å². The molecule has 0 aliphatic heterocycles. The Kier molecular flexibility index (Phi) is 4.94. The largest absolute Gasteiger partial charge is 0.492 e. The third-order valence-corrected chi connectivity index (χ3v) is 4.32. The van der Waals surface area contributed by atoms with Crippen molar-refractivity contribution < 1.29 is 4.74 Å². The number of fused-ring (bicyclic) bond motifs is 1. The van der Waals surface area contributed by atoms with E-state index in [0.717, 1.165) is 35.3 Å². The molecule has 2 aromatic carbocycles. The Hall–Kier alpha value is -3.11. The lowest BCUT2D eigenvalue weighted by atomic mass is 10.1. The number of benzene rings is 2. The van der Waals surface area contributed by atoms with Gasteiger partial charge in [-0.3, -0.25) is 4.98 Å². The maximum Gasteiger partial charge on any atom is 0.128 e. The van der Waals surface area contributed by atoms with Gasteiger partial charge in [-0.2, -0.15) is 0 Å².